The van der Waals surface area contributed by atoms with Gasteiger partial charge in [0.1, 0.15) is 0 Å². The average molecular weight is 94.0 g/mol. The topological polar surface area (TPSA) is 40.5 Å². The fraction of sp³-hybridized carbons (Fsp3) is 0. The summed E-state index contributed by atoms with van der Waals surface area (Å²) in [5.41, 5.74) is 0. The van der Waals surface area contributed by atoms with Crippen LogP contribution in [0.2, 0.25) is 0 Å². The van der Waals surface area contributed by atoms with E-state index in [-0.39, 0.29) is 0 Å². The highest BCUT2D eigenvalue weighted by Gasteiger charge is 1.73. The van der Waals surface area contributed by atoms with Crippen LogP contribution in [-0.4, -0.2) is 25.6 Å². The molecule has 0 saturated carbocycles. The zero-order chi connectivity index (χ0) is 3.58. The van der Waals surface area contributed by atoms with Crippen molar-refractivity contribution in [3.63, 3.8) is 0 Å². The van der Waals surface area contributed by atoms with Crippen molar-refractivity contribution in [2.24, 2.45) is 0 Å². The molecule has 0 fully saturated rings. The van der Waals surface area contributed by atoms with Crippen LogP contribution < -0.4 is 0 Å². The molecule has 2 N–H and O–H groups in total. The standard InChI is InChI=1S/Al.H2O2P.2H/c;1-3-2;;/h;1-2H;;/q+1;-1;;. The molecular formula is H4AlO2P. The maximum absolute atomic E-state index is 7.74. The molecule has 0 aliphatic rings. The van der Waals surface area contributed by atoms with E-state index in [1.54, 1.807) is 0 Å². The molecule has 0 atom stereocenters. The van der Waals surface area contributed by atoms with E-state index in [0.717, 1.165) is 0 Å². The second-order valence-corrected chi connectivity index (χ2v) is 3.87. The van der Waals surface area contributed by atoms with E-state index in [1.165, 1.54) is 0 Å². The molecule has 0 radical (unpaired) electrons. The van der Waals surface area contributed by atoms with E-state index in [9.17, 15) is 0 Å². The van der Waals surface area contributed by atoms with Gasteiger partial charge >= 0.3 is 15.8 Å². The van der Waals surface area contributed by atoms with Gasteiger partial charge in [-0.2, -0.15) is 0 Å². The fourth-order valence-electron chi connectivity index (χ4n) is 0. The Hall–Kier alpha value is 0.882. The van der Waals surface area contributed by atoms with Crippen molar-refractivity contribution in [3.05, 3.63) is 0 Å². The lowest BCUT2D eigenvalue weighted by atomic mass is 15.9. The quantitative estimate of drug-likeness (QED) is 0.293. The molecule has 0 spiro atoms. The monoisotopic (exact) mass is 94.0 g/mol. The van der Waals surface area contributed by atoms with Crippen LogP contribution in [0.1, 0.15) is 0 Å². The predicted molar refractivity (Wildman–Crippen MR) is 19.9 cm³/mol. The number of hydrogen-bond acceptors (Lipinski definition) is 2. The minimum atomic E-state index is -1.48. The van der Waals surface area contributed by atoms with Crippen molar-refractivity contribution in [2.45, 2.75) is 0 Å². The maximum atomic E-state index is 7.74. The Kier molecular flexibility index (Phi) is 2.61. The first-order valence-corrected chi connectivity index (χ1v) is 5.22. The van der Waals surface area contributed by atoms with Crippen molar-refractivity contribution in [2.75, 3.05) is 0 Å². The third kappa shape index (κ3) is 13.1. The van der Waals surface area contributed by atoms with Crippen molar-refractivity contribution >= 4 is 22.9 Å². The summed E-state index contributed by atoms with van der Waals surface area (Å²) in [4.78, 5) is 15.5. The molecule has 0 aromatic carbocycles. The lowest BCUT2D eigenvalue weighted by Crippen LogP contribution is -1.56. The molecule has 4 heteroatoms. The van der Waals surface area contributed by atoms with E-state index in [1.807, 2.05) is 0 Å². The molecular weight excluding hydrogens is 90.0 g/mol. The van der Waals surface area contributed by atoms with E-state index in [0.29, 0.717) is 15.8 Å². The summed E-state index contributed by atoms with van der Waals surface area (Å²) in [6.07, 6.45) is 0. The molecule has 0 aromatic rings. The summed E-state index contributed by atoms with van der Waals surface area (Å²) < 4.78 is 0. The Morgan fingerprint density at radius 3 is 1.50 bits per heavy atom. The normalized spacial score (nSPS) is 8.75. The van der Waals surface area contributed by atoms with Crippen LogP contribution in [0.3, 0.4) is 0 Å². The van der Waals surface area contributed by atoms with Gasteiger partial charge in [0.05, 0.1) is 7.02 Å². The molecule has 0 heterocycles. The highest BCUT2D eigenvalue weighted by molar-refractivity contribution is 7.72. The van der Waals surface area contributed by atoms with E-state index < -0.39 is 7.02 Å². The highest BCUT2D eigenvalue weighted by atomic mass is 31.3. The summed E-state index contributed by atoms with van der Waals surface area (Å²) >= 11 is 0.525. The van der Waals surface area contributed by atoms with Gasteiger partial charge in [-0.1, -0.05) is 0 Å². The molecule has 0 amide bonds. The first-order valence-electron chi connectivity index (χ1n) is 0.847. The smallest absolute Gasteiger partial charge is 0.341 e. The average Bonchev–Trinajstić information content (AvgIpc) is 0.811. The summed E-state index contributed by atoms with van der Waals surface area (Å²) in [5.74, 6) is 0. The molecule has 0 aliphatic heterocycles. The first-order chi connectivity index (χ1) is 1.73. The predicted octanol–water partition coefficient (Wildman–Crippen LogP) is -1.17. The minimum absolute atomic E-state index is 0.525. The zero-order valence-corrected chi connectivity index (χ0v) is 5.24. The third-order valence-corrected chi connectivity index (χ3v) is 0. The Balaban J connectivity index is 2.32. The van der Waals surface area contributed by atoms with Crippen molar-refractivity contribution in [3.8, 4) is 0 Å². The van der Waals surface area contributed by atoms with Crippen LogP contribution in [0.5, 0.6) is 0 Å². The van der Waals surface area contributed by atoms with Gasteiger partial charge in [0, 0.05) is 0 Å². The molecule has 0 aromatic heterocycles. The zero-order valence-electron chi connectivity index (χ0n) is 2.34. The Morgan fingerprint density at radius 2 is 1.50 bits per heavy atom. The van der Waals surface area contributed by atoms with Gasteiger partial charge in [-0.05, 0) is 0 Å². The van der Waals surface area contributed by atoms with Crippen molar-refractivity contribution in [1.29, 1.82) is 0 Å². The number of hydrogen-bond donors (Lipinski definition) is 2. The highest BCUT2D eigenvalue weighted by Crippen LogP contribution is 2.10. The summed E-state index contributed by atoms with van der Waals surface area (Å²) in [7, 11) is -1.48. The first kappa shape index (κ1) is 4.88. The van der Waals surface area contributed by atoms with E-state index in [2.05, 4.69) is 0 Å². The SMILES string of the molecule is O[P](O)[AlH2]. The van der Waals surface area contributed by atoms with E-state index >= 15 is 0 Å². The molecule has 24 valence electrons. The minimum Gasteiger partial charge on any atom is -0.366 e. The van der Waals surface area contributed by atoms with Crippen LogP contribution in [-0.2, 0) is 0 Å². The van der Waals surface area contributed by atoms with Gasteiger partial charge < -0.3 is 9.79 Å². The fourth-order valence-corrected chi connectivity index (χ4v) is 0. The molecule has 2 nitrogen and oxygen atoms in total. The van der Waals surface area contributed by atoms with Gasteiger partial charge in [-0.3, -0.25) is 0 Å². The largest absolute Gasteiger partial charge is 0.366 e. The van der Waals surface area contributed by atoms with Gasteiger partial charge in [0.25, 0.3) is 0 Å². The van der Waals surface area contributed by atoms with Crippen LogP contribution in [0, 0.1) is 0 Å². The van der Waals surface area contributed by atoms with Crippen LogP contribution >= 0.6 is 7.02 Å². The second-order valence-electron chi connectivity index (χ2n) is 0.489. The van der Waals surface area contributed by atoms with Gasteiger partial charge in [-0.15, -0.1) is 0 Å². The van der Waals surface area contributed by atoms with Crippen LogP contribution in [0.25, 0.3) is 0 Å². The molecule has 0 rings (SSSR count). The molecule has 0 aliphatic carbocycles. The summed E-state index contributed by atoms with van der Waals surface area (Å²) in [6.45, 7) is 0. The van der Waals surface area contributed by atoms with Crippen molar-refractivity contribution in [1.82, 2.24) is 0 Å². The van der Waals surface area contributed by atoms with Crippen molar-refractivity contribution < 1.29 is 9.79 Å². The Morgan fingerprint density at radius 1 is 1.50 bits per heavy atom. The lowest BCUT2D eigenvalue weighted by Gasteiger charge is -1.80. The molecule has 0 bridgehead atoms. The lowest BCUT2D eigenvalue weighted by molar-refractivity contribution is 0.504. The van der Waals surface area contributed by atoms with Crippen LogP contribution in [0.4, 0.5) is 0 Å². The van der Waals surface area contributed by atoms with Gasteiger partial charge in [-0.25, -0.2) is 0 Å². The molecule has 0 unspecified atom stereocenters. The van der Waals surface area contributed by atoms with Crippen LogP contribution in [0.15, 0.2) is 0 Å². The van der Waals surface area contributed by atoms with Gasteiger partial charge in [0.2, 0.25) is 0 Å². The third-order valence-electron chi connectivity index (χ3n) is 0. The maximum Gasteiger partial charge on any atom is 0.341 e. The summed E-state index contributed by atoms with van der Waals surface area (Å²) in [6, 6.07) is 0. The van der Waals surface area contributed by atoms with E-state index in [4.69, 9.17) is 9.79 Å². The Labute approximate surface area is 33.4 Å². The van der Waals surface area contributed by atoms with Gasteiger partial charge in [0.15, 0.2) is 0 Å². The second kappa shape index (κ2) is 2.14. The molecule has 0 saturated heterocycles. The Bertz CT molecular complexity index is 10.8. The number of rotatable bonds is 0. The molecule has 4 heavy (non-hydrogen) atoms. The summed E-state index contributed by atoms with van der Waals surface area (Å²) in [5, 5.41) is 0.